The number of H-pyrrole nitrogens is 1. The fraction of sp³-hybridized carbons (Fsp3) is 0.292. The SMILES string of the molecule is COc1c(C)cnc(CN2C(=O)C(=Cc3ccc(C(=O)NC[C@H](O)CO)[nH]3)c3c(Cl)nc(N)nc32)c1C. The van der Waals surface area contributed by atoms with Crippen LogP contribution >= 0.6 is 11.6 Å². The lowest BCUT2D eigenvalue weighted by Gasteiger charge is -2.19. The lowest BCUT2D eigenvalue weighted by atomic mass is 10.1. The Balaban J connectivity index is 1.69. The van der Waals surface area contributed by atoms with E-state index in [1.165, 1.54) is 11.0 Å². The van der Waals surface area contributed by atoms with Crippen molar-refractivity contribution in [3.8, 4) is 5.75 Å². The molecule has 0 saturated heterocycles. The molecule has 0 aromatic carbocycles. The number of pyridine rings is 1. The van der Waals surface area contributed by atoms with E-state index in [0.29, 0.717) is 22.7 Å². The van der Waals surface area contributed by atoms with Crippen LogP contribution in [0, 0.1) is 13.8 Å². The van der Waals surface area contributed by atoms with Gasteiger partial charge in [0.1, 0.15) is 16.6 Å². The third-order valence-electron chi connectivity index (χ3n) is 5.88. The lowest BCUT2D eigenvalue weighted by Crippen LogP contribution is -2.34. The second kappa shape index (κ2) is 10.5. The molecule has 0 bridgehead atoms. The van der Waals surface area contributed by atoms with Crippen molar-refractivity contribution in [3.05, 3.63) is 57.3 Å². The maximum atomic E-state index is 13.6. The number of carbonyl (C=O) groups excluding carboxylic acids is 2. The summed E-state index contributed by atoms with van der Waals surface area (Å²) in [6, 6.07) is 3.14. The first kappa shape index (κ1) is 26.1. The van der Waals surface area contributed by atoms with E-state index in [9.17, 15) is 14.7 Å². The van der Waals surface area contributed by atoms with E-state index in [0.717, 1.165) is 11.1 Å². The number of ether oxygens (including phenoxy) is 1. The number of hydrogen-bond acceptors (Lipinski definition) is 9. The Labute approximate surface area is 217 Å². The molecule has 4 rings (SSSR count). The summed E-state index contributed by atoms with van der Waals surface area (Å²) >= 11 is 6.40. The van der Waals surface area contributed by atoms with Gasteiger partial charge in [-0.3, -0.25) is 19.5 Å². The number of nitrogens with one attached hydrogen (secondary N) is 2. The highest BCUT2D eigenvalue weighted by atomic mass is 35.5. The number of nitrogen functional groups attached to an aromatic ring is 1. The average Bonchev–Trinajstić information content (AvgIpc) is 3.43. The van der Waals surface area contributed by atoms with E-state index in [1.54, 1.807) is 25.4 Å². The largest absolute Gasteiger partial charge is 0.496 e. The number of rotatable bonds is 8. The predicted octanol–water partition coefficient (Wildman–Crippen LogP) is 1.23. The number of nitrogens with zero attached hydrogens (tertiary/aromatic N) is 4. The smallest absolute Gasteiger partial charge is 0.267 e. The minimum absolute atomic E-state index is 0.0123. The van der Waals surface area contributed by atoms with Gasteiger partial charge in [0, 0.05) is 29.6 Å². The first-order valence-electron chi connectivity index (χ1n) is 11.3. The molecular formula is C24H26ClN7O5. The van der Waals surface area contributed by atoms with Gasteiger partial charge >= 0.3 is 0 Å². The summed E-state index contributed by atoms with van der Waals surface area (Å²) in [5.74, 6) is -0.0448. The van der Waals surface area contributed by atoms with Gasteiger partial charge in [0.2, 0.25) is 5.95 Å². The van der Waals surface area contributed by atoms with Crippen LogP contribution in [0.3, 0.4) is 0 Å². The van der Waals surface area contributed by atoms with Gasteiger partial charge in [-0.15, -0.1) is 0 Å². The van der Waals surface area contributed by atoms with Crippen LogP contribution in [-0.2, 0) is 11.3 Å². The van der Waals surface area contributed by atoms with Crippen LogP contribution in [0.15, 0.2) is 18.3 Å². The highest BCUT2D eigenvalue weighted by molar-refractivity contribution is 6.41. The number of hydrogen-bond donors (Lipinski definition) is 5. The highest BCUT2D eigenvalue weighted by Gasteiger charge is 2.37. The van der Waals surface area contributed by atoms with Crippen LogP contribution in [0.2, 0.25) is 5.15 Å². The van der Waals surface area contributed by atoms with Crippen LogP contribution in [0.1, 0.15) is 38.6 Å². The molecule has 2 amide bonds. The summed E-state index contributed by atoms with van der Waals surface area (Å²) in [6.07, 6.45) is 2.15. The minimum Gasteiger partial charge on any atom is -0.496 e. The van der Waals surface area contributed by atoms with Crippen LogP contribution in [0.4, 0.5) is 11.8 Å². The normalized spacial score (nSPS) is 14.7. The van der Waals surface area contributed by atoms with Crippen LogP contribution in [0.5, 0.6) is 5.75 Å². The predicted molar refractivity (Wildman–Crippen MR) is 137 cm³/mol. The van der Waals surface area contributed by atoms with Crippen molar-refractivity contribution in [2.45, 2.75) is 26.5 Å². The second-order valence-electron chi connectivity index (χ2n) is 8.44. The fourth-order valence-corrected chi connectivity index (χ4v) is 4.30. The summed E-state index contributed by atoms with van der Waals surface area (Å²) in [4.78, 5) is 43.0. The van der Waals surface area contributed by atoms with E-state index >= 15 is 0 Å². The lowest BCUT2D eigenvalue weighted by molar-refractivity contribution is -0.113. The van der Waals surface area contributed by atoms with Crippen molar-refractivity contribution in [2.75, 3.05) is 30.9 Å². The van der Waals surface area contributed by atoms with E-state index in [2.05, 4.69) is 25.3 Å². The molecule has 1 aliphatic rings. The number of aliphatic hydroxyl groups is 2. The van der Waals surface area contributed by atoms with Gasteiger partial charge in [-0.1, -0.05) is 11.6 Å². The number of aromatic nitrogens is 4. The Morgan fingerprint density at radius 1 is 1.35 bits per heavy atom. The Morgan fingerprint density at radius 3 is 2.81 bits per heavy atom. The molecule has 0 saturated carbocycles. The number of aromatic amines is 1. The van der Waals surface area contributed by atoms with Gasteiger partial charge in [0.15, 0.2) is 5.82 Å². The van der Waals surface area contributed by atoms with E-state index < -0.39 is 24.5 Å². The van der Waals surface area contributed by atoms with Crippen LogP contribution < -0.4 is 20.7 Å². The molecule has 0 spiro atoms. The maximum Gasteiger partial charge on any atom is 0.267 e. The van der Waals surface area contributed by atoms with Gasteiger partial charge < -0.3 is 31.0 Å². The minimum atomic E-state index is -1.07. The molecule has 1 atom stereocenters. The number of aryl methyl sites for hydroxylation is 1. The van der Waals surface area contributed by atoms with Gasteiger partial charge in [0.05, 0.1) is 43.2 Å². The topological polar surface area (TPSA) is 180 Å². The third-order valence-corrected chi connectivity index (χ3v) is 6.16. The summed E-state index contributed by atoms with van der Waals surface area (Å²) in [7, 11) is 1.57. The zero-order valence-electron chi connectivity index (χ0n) is 20.4. The molecule has 4 heterocycles. The molecule has 6 N–H and O–H groups in total. The molecule has 1 aliphatic heterocycles. The van der Waals surface area contributed by atoms with Crippen molar-refractivity contribution in [1.29, 1.82) is 0 Å². The van der Waals surface area contributed by atoms with Gasteiger partial charge in [-0.2, -0.15) is 4.98 Å². The molecule has 0 fully saturated rings. The van der Waals surface area contributed by atoms with Gasteiger partial charge in [-0.25, -0.2) is 4.98 Å². The highest BCUT2D eigenvalue weighted by Crippen LogP contribution is 2.41. The number of amides is 2. The summed E-state index contributed by atoms with van der Waals surface area (Å²) < 4.78 is 5.49. The number of anilines is 2. The molecule has 0 aliphatic carbocycles. The van der Waals surface area contributed by atoms with E-state index in [1.807, 2.05) is 13.8 Å². The van der Waals surface area contributed by atoms with Gasteiger partial charge in [-0.05, 0) is 32.1 Å². The molecule has 0 unspecified atom stereocenters. The van der Waals surface area contributed by atoms with Crippen molar-refractivity contribution in [2.24, 2.45) is 0 Å². The zero-order valence-corrected chi connectivity index (χ0v) is 21.1. The number of carbonyl (C=O) groups is 2. The fourth-order valence-electron chi connectivity index (χ4n) is 4.03. The molecule has 3 aromatic rings. The summed E-state index contributed by atoms with van der Waals surface area (Å²) in [5, 5.41) is 20.9. The first-order valence-corrected chi connectivity index (χ1v) is 11.6. The van der Waals surface area contributed by atoms with Crippen LogP contribution in [-0.4, -0.2) is 68.3 Å². The monoisotopic (exact) mass is 527 g/mol. The average molecular weight is 528 g/mol. The van der Waals surface area contributed by atoms with Crippen molar-refractivity contribution in [3.63, 3.8) is 0 Å². The first-order chi connectivity index (χ1) is 17.6. The Bertz CT molecular complexity index is 1400. The van der Waals surface area contributed by atoms with E-state index in [4.69, 9.17) is 27.2 Å². The molecule has 3 aromatic heterocycles. The number of aliphatic hydroxyl groups excluding tert-OH is 2. The number of methoxy groups -OCH3 is 1. The van der Waals surface area contributed by atoms with Gasteiger partial charge in [0.25, 0.3) is 11.8 Å². The van der Waals surface area contributed by atoms with Crippen molar-refractivity contribution in [1.82, 2.24) is 25.3 Å². The molecule has 13 heteroatoms. The van der Waals surface area contributed by atoms with Crippen LogP contribution in [0.25, 0.3) is 11.6 Å². The molecule has 0 radical (unpaired) electrons. The number of nitrogens with two attached hydrogens (primary N) is 1. The summed E-state index contributed by atoms with van der Waals surface area (Å²) in [6.45, 7) is 3.24. The standard InChI is InChI=1S/C24H26ClN7O5/c1-11-7-27-17(12(2)19(11)37-3)9-32-21-18(20(25)30-24(26)31-21)15(23(32)36)6-13-4-5-16(29-13)22(35)28-8-14(34)10-33/h4-7,14,29,33-34H,8-10H2,1-3H3,(H,28,35)(H2,26,30,31)/t14-/m0/s1. The second-order valence-corrected chi connectivity index (χ2v) is 8.80. The molecule has 194 valence electrons. The molecule has 12 nitrogen and oxygen atoms in total. The Hall–Kier alpha value is -4.00. The number of fused-ring (bicyclic) bond motifs is 1. The third kappa shape index (κ3) is 5.12. The quantitative estimate of drug-likeness (QED) is 0.213. The Kier molecular flexibility index (Phi) is 7.43. The van der Waals surface area contributed by atoms with Crippen molar-refractivity contribution >= 4 is 46.8 Å². The number of halogens is 1. The summed E-state index contributed by atoms with van der Waals surface area (Å²) in [5.41, 5.74) is 9.27. The maximum absolute atomic E-state index is 13.6. The van der Waals surface area contributed by atoms with E-state index in [-0.39, 0.29) is 41.3 Å². The molecular weight excluding hydrogens is 502 g/mol. The van der Waals surface area contributed by atoms with Crippen molar-refractivity contribution < 1.29 is 24.5 Å². The molecule has 37 heavy (non-hydrogen) atoms. The zero-order chi connectivity index (χ0) is 26.9. The Morgan fingerprint density at radius 2 is 2.11 bits per heavy atom.